The predicted octanol–water partition coefficient (Wildman–Crippen LogP) is 0.106. The van der Waals surface area contributed by atoms with Gasteiger partial charge in [0, 0.05) is 6.61 Å². The van der Waals surface area contributed by atoms with Crippen molar-refractivity contribution in [1.29, 1.82) is 0 Å². The van der Waals surface area contributed by atoms with Gasteiger partial charge in [0.15, 0.2) is 0 Å². The Kier molecular flexibility index (Phi) is 5.50. The van der Waals surface area contributed by atoms with Gasteiger partial charge in [-0.2, -0.15) is 0 Å². The van der Waals surface area contributed by atoms with Crippen LogP contribution in [0.3, 0.4) is 0 Å². The fraction of sp³-hybridized carbons (Fsp3) is 0.500. The molecule has 1 N–H and O–H groups in total. The lowest BCUT2D eigenvalue weighted by molar-refractivity contribution is 0.320. The maximum absolute atomic E-state index is 7.91. The molecule has 1 radical (unpaired) electrons. The highest BCUT2D eigenvalue weighted by Crippen LogP contribution is 1.70. The van der Waals surface area contributed by atoms with E-state index < -0.39 is 0 Å². The average Bonchev–Trinajstić information content (AvgIpc) is 1.69. The normalized spacial score (nSPS) is 10.0. The van der Waals surface area contributed by atoms with Crippen LogP contribution < -0.4 is 0 Å². The van der Waals surface area contributed by atoms with Crippen molar-refractivity contribution >= 4 is 7.69 Å². The third kappa shape index (κ3) is 5.72. The Balaban J connectivity index is 2.69. The number of rotatable bonds is 3. The molecule has 0 saturated heterocycles. The number of hydrogen-bond donors (Lipinski definition) is 1. The van der Waals surface area contributed by atoms with E-state index in [0.29, 0.717) is 14.3 Å². The van der Waals surface area contributed by atoms with Crippen LogP contribution in [0, 0.1) is 0 Å². The molecule has 0 aliphatic carbocycles. The molecule has 7 heavy (non-hydrogen) atoms. The molecule has 0 unspecified atom stereocenters. The standard InChI is InChI=1S/C4H8BO2/c1-2-3-4-7-5-6/h2-3,6H,4H2,1H3/b3-2-. The van der Waals surface area contributed by atoms with Crippen LogP contribution in [0.25, 0.3) is 0 Å². The summed E-state index contributed by atoms with van der Waals surface area (Å²) in [5, 5.41) is 7.91. The van der Waals surface area contributed by atoms with Crippen molar-refractivity contribution in [2.75, 3.05) is 6.61 Å². The molecular formula is C4H8BO2. The zero-order valence-electron chi connectivity index (χ0n) is 4.29. The van der Waals surface area contributed by atoms with Gasteiger partial charge in [-0.25, -0.2) is 0 Å². The highest BCUT2D eigenvalue weighted by molar-refractivity contribution is 6.15. The van der Waals surface area contributed by atoms with Crippen LogP contribution in [0.2, 0.25) is 0 Å². The van der Waals surface area contributed by atoms with E-state index in [2.05, 4.69) is 4.65 Å². The van der Waals surface area contributed by atoms with Crippen LogP contribution in [-0.4, -0.2) is 19.3 Å². The molecule has 39 valence electrons. The molecule has 0 aliphatic rings. The van der Waals surface area contributed by atoms with Crippen molar-refractivity contribution < 1.29 is 9.68 Å². The van der Waals surface area contributed by atoms with Gasteiger partial charge in [-0.05, 0) is 6.92 Å². The molecular weight excluding hydrogens is 90.9 g/mol. The average molecular weight is 98.9 g/mol. The number of allylic oxidation sites excluding steroid dienone is 1. The van der Waals surface area contributed by atoms with Gasteiger partial charge in [0.25, 0.3) is 0 Å². The van der Waals surface area contributed by atoms with Gasteiger partial charge < -0.3 is 9.68 Å². The second kappa shape index (κ2) is 5.72. The fourth-order valence-corrected chi connectivity index (χ4v) is 0.195. The Morgan fingerprint density at radius 2 is 2.57 bits per heavy atom. The van der Waals surface area contributed by atoms with Crippen molar-refractivity contribution in [3.05, 3.63) is 12.2 Å². The summed E-state index contributed by atoms with van der Waals surface area (Å²) in [7, 11) is 0.681. The fourth-order valence-electron chi connectivity index (χ4n) is 0.195. The molecule has 0 amide bonds. The van der Waals surface area contributed by atoms with Crippen molar-refractivity contribution in [2.45, 2.75) is 6.92 Å². The first-order chi connectivity index (χ1) is 3.41. The van der Waals surface area contributed by atoms with Crippen LogP contribution in [0.5, 0.6) is 0 Å². The smallest absolute Gasteiger partial charge is 0.429 e. The van der Waals surface area contributed by atoms with E-state index >= 15 is 0 Å². The SMILES string of the molecule is C/C=C\CO[B]O. The molecule has 0 aromatic heterocycles. The van der Waals surface area contributed by atoms with Gasteiger partial charge in [0.05, 0.1) is 0 Å². The van der Waals surface area contributed by atoms with Crippen molar-refractivity contribution in [3.8, 4) is 0 Å². The van der Waals surface area contributed by atoms with E-state index in [0.717, 1.165) is 0 Å². The first-order valence-electron chi connectivity index (χ1n) is 2.10. The van der Waals surface area contributed by atoms with E-state index in [1.165, 1.54) is 0 Å². The summed E-state index contributed by atoms with van der Waals surface area (Å²) in [6.07, 6.45) is 3.65. The van der Waals surface area contributed by atoms with Crippen LogP contribution in [0.4, 0.5) is 0 Å². The van der Waals surface area contributed by atoms with Crippen LogP contribution in [-0.2, 0) is 4.65 Å². The zero-order valence-corrected chi connectivity index (χ0v) is 4.29. The zero-order chi connectivity index (χ0) is 5.54. The molecule has 0 heterocycles. The van der Waals surface area contributed by atoms with Gasteiger partial charge in [-0.15, -0.1) is 0 Å². The second-order valence-corrected chi connectivity index (χ2v) is 1.01. The van der Waals surface area contributed by atoms with Crippen LogP contribution in [0.15, 0.2) is 12.2 Å². The minimum absolute atomic E-state index is 0.451. The van der Waals surface area contributed by atoms with Crippen molar-refractivity contribution in [3.63, 3.8) is 0 Å². The highest BCUT2D eigenvalue weighted by Gasteiger charge is 1.77. The van der Waals surface area contributed by atoms with Gasteiger partial charge in [0.2, 0.25) is 0 Å². The molecule has 0 bridgehead atoms. The minimum atomic E-state index is 0.451. The highest BCUT2D eigenvalue weighted by atomic mass is 16.5. The summed E-state index contributed by atoms with van der Waals surface area (Å²) in [6.45, 7) is 2.34. The molecule has 3 heteroatoms. The Morgan fingerprint density at radius 3 is 3.00 bits per heavy atom. The van der Waals surface area contributed by atoms with E-state index in [-0.39, 0.29) is 0 Å². The molecule has 2 nitrogen and oxygen atoms in total. The molecule has 0 atom stereocenters. The van der Waals surface area contributed by atoms with Gasteiger partial charge in [0.1, 0.15) is 0 Å². The summed E-state index contributed by atoms with van der Waals surface area (Å²) in [4.78, 5) is 0. The van der Waals surface area contributed by atoms with E-state index in [9.17, 15) is 0 Å². The molecule has 0 fully saturated rings. The lowest BCUT2D eigenvalue weighted by atomic mass is 10.4. The van der Waals surface area contributed by atoms with Crippen molar-refractivity contribution in [2.24, 2.45) is 0 Å². The van der Waals surface area contributed by atoms with Gasteiger partial charge in [-0.1, -0.05) is 12.2 Å². The maximum atomic E-state index is 7.91. The Hall–Kier alpha value is -0.275. The monoisotopic (exact) mass is 99.1 g/mol. The lowest BCUT2D eigenvalue weighted by Crippen LogP contribution is -1.95. The Bertz CT molecular complexity index is 53.7. The molecule has 0 aromatic rings. The predicted molar refractivity (Wildman–Crippen MR) is 28.7 cm³/mol. The third-order valence-electron chi connectivity index (χ3n) is 0.503. The quantitative estimate of drug-likeness (QED) is 0.309. The first kappa shape index (κ1) is 6.72. The van der Waals surface area contributed by atoms with Crippen molar-refractivity contribution in [1.82, 2.24) is 0 Å². The summed E-state index contributed by atoms with van der Waals surface area (Å²) in [5.41, 5.74) is 0. The topological polar surface area (TPSA) is 29.5 Å². The number of hydrogen-bond acceptors (Lipinski definition) is 2. The van der Waals surface area contributed by atoms with Gasteiger partial charge in [-0.3, -0.25) is 0 Å². The molecule has 0 spiro atoms. The summed E-state index contributed by atoms with van der Waals surface area (Å²) < 4.78 is 4.42. The van der Waals surface area contributed by atoms with Crippen LogP contribution >= 0.6 is 0 Å². The van der Waals surface area contributed by atoms with E-state index in [1.807, 2.05) is 13.0 Å². The molecule has 0 aromatic carbocycles. The largest absolute Gasteiger partial charge is 0.485 e. The van der Waals surface area contributed by atoms with Gasteiger partial charge >= 0.3 is 7.69 Å². The third-order valence-corrected chi connectivity index (χ3v) is 0.503. The van der Waals surface area contributed by atoms with E-state index in [4.69, 9.17) is 5.02 Å². The van der Waals surface area contributed by atoms with E-state index in [1.54, 1.807) is 6.08 Å². The molecule has 0 saturated carbocycles. The summed E-state index contributed by atoms with van der Waals surface area (Å²) in [6, 6.07) is 0. The summed E-state index contributed by atoms with van der Waals surface area (Å²) in [5.74, 6) is 0. The lowest BCUT2D eigenvalue weighted by Gasteiger charge is -1.86. The Morgan fingerprint density at radius 1 is 1.86 bits per heavy atom. The van der Waals surface area contributed by atoms with Crippen LogP contribution in [0.1, 0.15) is 6.92 Å². The first-order valence-corrected chi connectivity index (χ1v) is 2.10. The Labute approximate surface area is 44.1 Å². The maximum Gasteiger partial charge on any atom is 0.485 e. The second-order valence-electron chi connectivity index (χ2n) is 1.01. The molecule has 0 rings (SSSR count). The minimum Gasteiger partial charge on any atom is -0.429 e. The summed E-state index contributed by atoms with van der Waals surface area (Å²) >= 11 is 0. The molecule has 0 aliphatic heterocycles.